The number of hydrogen-bond donors (Lipinski definition) is 1. The summed E-state index contributed by atoms with van der Waals surface area (Å²) < 4.78 is 0. The predicted molar refractivity (Wildman–Crippen MR) is 73.5 cm³/mol. The van der Waals surface area contributed by atoms with E-state index in [2.05, 4.69) is 13.0 Å². The fraction of sp³-hybridized carbons (Fsp3) is 0.467. The lowest BCUT2D eigenvalue weighted by Gasteiger charge is -1.96. The Balaban J connectivity index is 0.000000331. The van der Waals surface area contributed by atoms with Gasteiger partial charge in [-0.05, 0) is 18.4 Å². The van der Waals surface area contributed by atoms with Crippen molar-refractivity contribution < 1.29 is 0 Å². The topological polar surface area (TPSA) is 73.6 Å². The Morgan fingerprint density at radius 1 is 1.22 bits per heavy atom. The highest BCUT2D eigenvalue weighted by Gasteiger charge is 1.95. The van der Waals surface area contributed by atoms with Gasteiger partial charge in [0.05, 0.1) is 18.2 Å². The summed E-state index contributed by atoms with van der Waals surface area (Å²) in [5.41, 5.74) is 6.54. The molecule has 1 aromatic rings. The minimum Gasteiger partial charge on any atom is -0.316 e. The summed E-state index contributed by atoms with van der Waals surface area (Å²) >= 11 is 0. The largest absolute Gasteiger partial charge is 0.316 e. The summed E-state index contributed by atoms with van der Waals surface area (Å²) in [7, 11) is 0. The minimum absolute atomic E-state index is 0.241. The van der Waals surface area contributed by atoms with Gasteiger partial charge in [-0.3, -0.25) is 0 Å². The number of benzene rings is 1. The number of rotatable bonds is 5. The van der Waals surface area contributed by atoms with Crippen LogP contribution in [0.3, 0.4) is 0 Å². The Morgan fingerprint density at radius 3 is 2.39 bits per heavy atom. The third-order valence-electron chi connectivity index (χ3n) is 2.40. The summed E-state index contributed by atoms with van der Waals surface area (Å²) in [5, 5.41) is 16.5. The molecule has 0 spiro atoms. The highest BCUT2D eigenvalue weighted by molar-refractivity contribution is 5.15. The number of hydrogen-bond acceptors (Lipinski definition) is 3. The molecule has 2 N–H and O–H groups in total. The Bertz CT molecular complexity index is 373. The highest BCUT2D eigenvalue weighted by Crippen LogP contribution is 2.00. The molecule has 0 aliphatic carbocycles. The Labute approximate surface area is 110 Å². The summed E-state index contributed by atoms with van der Waals surface area (Å²) in [5.74, 6) is 0. The van der Waals surface area contributed by atoms with E-state index in [0.717, 1.165) is 25.7 Å². The van der Waals surface area contributed by atoms with Crippen molar-refractivity contribution in [2.45, 2.75) is 45.1 Å². The van der Waals surface area contributed by atoms with Crippen LogP contribution in [0.15, 0.2) is 30.3 Å². The van der Waals surface area contributed by atoms with Crippen LogP contribution in [0, 0.1) is 22.7 Å². The second kappa shape index (κ2) is 11.6. The maximum absolute atomic E-state index is 8.28. The Morgan fingerprint density at radius 2 is 1.89 bits per heavy atom. The van der Waals surface area contributed by atoms with Crippen LogP contribution in [-0.2, 0) is 6.42 Å². The maximum atomic E-state index is 8.28. The third-order valence-corrected chi connectivity index (χ3v) is 2.40. The smallest absolute Gasteiger partial charge is 0.0928 e. The first kappa shape index (κ1) is 16.2. The molecule has 18 heavy (non-hydrogen) atoms. The highest BCUT2D eigenvalue weighted by atomic mass is 14.6. The number of nitriles is 2. The molecule has 3 heteroatoms. The summed E-state index contributed by atoms with van der Waals surface area (Å²) in [6, 6.07) is 13.9. The Kier molecular flexibility index (Phi) is 10.4. The molecule has 0 heterocycles. The standard InChI is InChI=1S/C9H9N.C6H12N2/c10-8-4-7-9-5-2-1-3-6-9;1-2-3-4-6(8)5-7/h1-3,5-6H,4,7H2;6H,2-4,8H2,1H3. The molecule has 1 aromatic carbocycles. The Hall–Kier alpha value is -1.84. The van der Waals surface area contributed by atoms with Gasteiger partial charge < -0.3 is 5.73 Å². The molecule has 0 saturated heterocycles. The van der Waals surface area contributed by atoms with Crippen LogP contribution in [0.1, 0.15) is 38.2 Å². The molecule has 0 saturated carbocycles. The van der Waals surface area contributed by atoms with Gasteiger partial charge in [0.1, 0.15) is 0 Å². The van der Waals surface area contributed by atoms with E-state index in [4.69, 9.17) is 16.3 Å². The maximum Gasteiger partial charge on any atom is 0.0928 e. The molecule has 96 valence electrons. The van der Waals surface area contributed by atoms with E-state index >= 15 is 0 Å². The lowest BCUT2D eigenvalue weighted by atomic mass is 10.1. The first-order chi connectivity index (χ1) is 8.74. The van der Waals surface area contributed by atoms with Crippen molar-refractivity contribution in [1.82, 2.24) is 0 Å². The summed E-state index contributed by atoms with van der Waals surface area (Å²) in [4.78, 5) is 0. The number of unbranched alkanes of at least 4 members (excludes halogenated alkanes) is 1. The second-order valence-electron chi connectivity index (χ2n) is 4.02. The van der Waals surface area contributed by atoms with Crippen LogP contribution in [-0.4, -0.2) is 6.04 Å². The van der Waals surface area contributed by atoms with Crippen molar-refractivity contribution >= 4 is 0 Å². The molecule has 0 aliphatic heterocycles. The van der Waals surface area contributed by atoms with E-state index < -0.39 is 0 Å². The zero-order valence-electron chi connectivity index (χ0n) is 11.0. The first-order valence-corrected chi connectivity index (χ1v) is 6.30. The van der Waals surface area contributed by atoms with Gasteiger partial charge in [0.25, 0.3) is 0 Å². The molecule has 0 bridgehead atoms. The van der Waals surface area contributed by atoms with Crippen LogP contribution in [0.25, 0.3) is 0 Å². The zero-order valence-corrected chi connectivity index (χ0v) is 11.0. The van der Waals surface area contributed by atoms with Crippen molar-refractivity contribution in [3.05, 3.63) is 35.9 Å². The molecular formula is C15H21N3. The van der Waals surface area contributed by atoms with Crippen LogP contribution in [0.4, 0.5) is 0 Å². The average Bonchev–Trinajstić information content (AvgIpc) is 2.44. The van der Waals surface area contributed by atoms with Crippen LogP contribution in [0.2, 0.25) is 0 Å². The van der Waals surface area contributed by atoms with E-state index in [1.165, 1.54) is 5.56 Å². The third kappa shape index (κ3) is 9.39. The fourth-order valence-electron chi connectivity index (χ4n) is 1.33. The zero-order chi connectivity index (χ0) is 13.6. The lowest BCUT2D eigenvalue weighted by molar-refractivity contribution is 0.662. The van der Waals surface area contributed by atoms with E-state index in [1.54, 1.807) is 0 Å². The van der Waals surface area contributed by atoms with Crippen molar-refractivity contribution in [3.63, 3.8) is 0 Å². The fourth-order valence-corrected chi connectivity index (χ4v) is 1.33. The van der Waals surface area contributed by atoms with E-state index in [0.29, 0.717) is 6.42 Å². The van der Waals surface area contributed by atoms with Gasteiger partial charge in [0.2, 0.25) is 0 Å². The minimum atomic E-state index is -0.241. The van der Waals surface area contributed by atoms with Gasteiger partial charge in [-0.15, -0.1) is 0 Å². The first-order valence-electron chi connectivity index (χ1n) is 6.30. The van der Waals surface area contributed by atoms with Gasteiger partial charge in [0.15, 0.2) is 0 Å². The van der Waals surface area contributed by atoms with Gasteiger partial charge in [0, 0.05) is 6.42 Å². The molecule has 3 nitrogen and oxygen atoms in total. The molecular weight excluding hydrogens is 222 g/mol. The molecule has 1 atom stereocenters. The number of nitrogens with two attached hydrogens (primary N) is 1. The predicted octanol–water partition coefficient (Wildman–Crippen LogP) is 3.17. The van der Waals surface area contributed by atoms with Gasteiger partial charge in [-0.25, -0.2) is 0 Å². The molecule has 1 unspecified atom stereocenters. The molecule has 0 aliphatic rings. The van der Waals surface area contributed by atoms with Gasteiger partial charge >= 0.3 is 0 Å². The molecule has 0 amide bonds. The number of aryl methyl sites for hydroxylation is 1. The van der Waals surface area contributed by atoms with Gasteiger partial charge in [-0.1, -0.05) is 50.1 Å². The van der Waals surface area contributed by atoms with Crippen molar-refractivity contribution in [2.75, 3.05) is 0 Å². The molecule has 0 fully saturated rings. The molecule has 1 rings (SSSR count). The quantitative estimate of drug-likeness (QED) is 0.863. The molecule has 0 aromatic heterocycles. The molecule has 0 radical (unpaired) electrons. The monoisotopic (exact) mass is 243 g/mol. The summed E-state index contributed by atoms with van der Waals surface area (Å²) in [6.45, 7) is 2.09. The van der Waals surface area contributed by atoms with Crippen LogP contribution >= 0.6 is 0 Å². The SMILES string of the molecule is CCCCC(N)C#N.N#CCCc1ccccc1. The number of nitrogens with zero attached hydrogens (tertiary/aromatic N) is 2. The van der Waals surface area contributed by atoms with E-state index in [-0.39, 0.29) is 6.04 Å². The van der Waals surface area contributed by atoms with Crippen LogP contribution in [0.5, 0.6) is 0 Å². The van der Waals surface area contributed by atoms with Crippen molar-refractivity contribution in [3.8, 4) is 12.1 Å². The second-order valence-corrected chi connectivity index (χ2v) is 4.02. The van der Waals surface area contributed by atoms with Crippen molar-refractivity contribution in [2.24, 2.45) is 5.73 Å². The van der Waals surface area contributed by atoms with E-state index in [9.17, 15) is 0 Å². The van der Waals surface area contributed by atoms with Gasteiger partial charge in [-0.2, -0.15) is 10.5 Å². The average molecular weight is 243 g/mol. The lowest BCUT2D eigenvalue weighted by Crippen LogP contribution is -2.16. The summed E-state index contributed by atoms with van der Waals surface area (Å²) in [6.07, 6.45) is 4.51. The van der Waals surface area contributed by atoms with Crippen LogP contribution < -0.4 is 5.73 Å². The normalized spacial score (nSPS) is 10.4. The van der Waals surface area contributed by atoms with Crippen molar-refractivity contribution in [1.29, 1.82) is 10.5 Å². The van der Waals surface area contributed by atoms with E-state index in [1.807, 2.05) is 36.4 Å².